The Morgan fingerprint density at radius 2 is 2.20 bits per heavy atom. The molecule has 4 nitrogen and oxygen atoms in total. The molecular formula is C15H20FN3O. The molecule has 1 aromatic heterocycles. The van der Waals surface area contributed by atoms with Gasteiger partial charge in [-0.05, 0) is 43.0 Å². The Kier molecular flexibility index (Phi) is 5.24. The minimum atomic E-state index is -0.248. The Balaban J connectivity index is 1.89. The molecule has 0 amide bonds. The lowest BCUT2D eigenvalue weighted by Crippen LogP contribution is -2.06. The van der Waals surface area contributed by atoms with Crippen molar-refractivity contribution in [2.75, 3.05) is 6.54 Å². The molecule has 5 heteroatoms. The SMILES string of the molecule is CC(CCN)CCc1nc(Cc2cccc(F)c2)no1. The Hall–Kier alpha value is -1.75. The van der Waals surface area contributed by atoms with E-state index >= 15 is 0 Å². The van der Waals surface area contributed by atoms with Crippen LogP contribution in [0.15, 0.2) is 28.8 Å². The van der Waals surface area contributed by atoms with Crippen LogP contribution in [0.5, 0.6) is 0 Å². The van der Waals surface area contributed by atoms with Crippen LogP contribution in [0.25, 0.3) is 0 Å². The van der Waals surface area contributed by atoms with Crippen LogP contribution in [0.4, 0.5) is 4.39 Å². The maximum Gasteiger partial charge on any atom is 0.226 e. The van der Waals surface area contributed by atoms with E-state index in [1.54, 1.807) is 6.07 Å². The molecule has 0 radical (unpaired) electrons. The van der Waals surface area contributed by atoms with Crippen molar-refractivity contribution in [1.82, 2.24) is 10.1 Å². The number of nitrogens with zero attached hydrogens (tertiary/aromatic N) is 2. The molecule has 1 aromatic carbocycles. The molecule has 0 aliphatic heterocycles. The minimum Gasteiger partial charge on any atom is -0.339 e. The molecule has 1 atom stereocenters. The zero-order valence-corrected chi connectivity index (χ0v) is 11.7. The largest absolute Gasteiger partial charge is 0.339 e. The maximum atomic E-state index is 13.1. The predicted octanol–water partition coefficient (Wildman–Crippen LogP) is 2.72. The Bertz CT molecular complexity index is 541. The van der Waals surface area contributed by atoms with Crippen molar-refractivity contribution >= 4 is 0 Å². The highest BCUT2D eigenvalue weighted by Crippen LogP contribution is 2.13. The Morgan fingerprint density at radius 1 is 1.35 bits per heavy atom. The van der Waals surface area contributed by atoms with Crippen LogP contribution in [0.2, 0.25) is 0 Å². The van der Waals surface area contributed by atoms with Gasteiger partial charge in [-0.2, -0.15) is 4.98 Å². The zero-order valence-electron chi connectivity index (χ0n) is 11.7. The number of hydrogen-bond donors (Lipinski definition) is 1. The van der Waals surface area contributed by atoms with Gasteiger partial charge in [0.1, 0.15) is 5.82 Å². The number of benzene rings is 1. The van der Waals surface area contributed by atoms with Crippen molar-refractivity contribution in [2.24, 2.45) is 11.7 Å². The van der Waals surface area contributed by atoms with Crippen LogP contribution in [-0.4, -0.2) is 16.7 Å². The summed E-state index contributed by atoms with van der Waals surface area (Å²) < 4.78 is 18.3. The van der Waals surface area contributed by atoms with Gasteiger partial charge >= 0.3 is 0 Å². The molecule has 0 bridgehead atoms. The zero-order chi connectivity index (χ0) is 14.4. The van der Waals surface area contributed by atoms with Gasteiger partial charge < -0.3 is 10.3 Å². The third kappa shape index (κ3) is 4.42. The molecule has 0 aliphatic carbocycles. The van der Waals surface area contributed by atoms with Crippen molar-refractivity contribution in [3.8, 4) is 0 Å². The molecule has 2 aromatic rings. The van der Waals surface area contributed by atoms with Gasteiger partial charge in [-0.15, -0.1) is 0 Å². The first-order valence-corrected chi connectivity index (χ1v) is 6.93. The first-order chi connectivity index (χ1) is 9.67. The van der Waals surface area contributed by atoms with E-state index in [4.69, 9.17) is 10.3 Å². The summed E-state index contributed by atoms with van der Waals surface area (Å²) in [6, 6.07) is 6.44. The van der Waals surface area contributed by atoms with Crippen LogP contribution < -0.4 is 5.73 Å². The van der Waals surface area contributed by atoms with Gasteiger partial charge in [0.25, 0.3) is 0 Å². The summed E-state index contributed by atoms with van der Waals surface area (Å²) >= 11 is 0. The molecule has 0 spiro atoms. The molecule has 108 valence electrons. The molecule has 0 saturated heterocycles. The molecule has 0 fully saturated rings. The van der Waals surface area contributed by atoms with E-state index in [0.717, 1.165) is 24.8 Å². The summed E-state index contributed by atoms with van der Waals surface area (Å²) in [4.78, 5) is 4.34. The summed E-state index contributed by atoms with van der Waals surface area (Å²) in [6.45, 7) is 2.87. The molecule has 1 heterocycles. The van der Waals surface area contributed by atoms with Crippen molar-refractivity contribution in [1.29, 1.82) is 0 Å². The van der Waals surface area contributed by atoms with Gasteiger partial charge in [0.05, 0.1) is 0 Å². The van der Waals surface area contributed by atoms with E-state index in [2.05, 4.69) is 17.1 Å². The number of aromatic nitrogens is 2. The summed E-state index contributed by atoms with van der Waals surface area (Å²) in [5.74, 6) is 1.54. The highest BCUT2D eigenvalue weighted by Gasteiger charge is 2.09. The third-order valence-corrected chi connectivity index (χ3v) is 3.27. The average Bonchev–Trinajstić information content (AvgIpc) is 2.84. The summed E-state index contributed by atoms with van der Waals surface area (Å²) in [5, 5.41) is 3.93. The first kappa shape index (κ1) is 14.7. The Morgan fingerprint density at radius 3 is 2.95 bits per heavy atom. The van der Waals surface area contributed by atoms with Crippen molar-refractivity contribution in [2.45, 2.75) is 32.6 Å². The second-order valence-corrected chi connectivity index (χ2v) is 5.13. The number of halogens is 1. The quantitative estimate of drug-likeness (QED) is 0.845. The molecule has 0 saturated carbocycles. The van der Waals surface area contributed by atoms with Gasteiger partial charge in [0.2, 0.25) is 5.89 Å². The standard InChI is InChI=1S/C15H20FN3O/c1-11(7-8-17)5-6-15-18-14(19-20-15)10-12-3-2-4-13(16)9-12/h2-4,9,11H,5-8,10,17H2,1H3. The molecule has 0 aliphatic rings. The number of hydrogen-bond acceptors (Lipinski definition) is 4. The van der Waals surface area contributed by atoms with Crippen LogP contribution in [0.1, 0.15) is 37.0 Å². The van der Waals surface area contributed by atoms with Gasteiger partial charge in [-0.1, -0.05) is 24.2 Å². The fraction of sp³-hybridized carbons (Fsp3) is 0.467. The minimum absolute atomic E-state index is 0.248. The molecule has 2 rings (SSSR count). The first-order valence-electron chi connectivity index (χ1n) is 6.93. The van der Waals surface area contributed by atoms with E-state index in [0.29, 0.717) is 30.6 Å². The van der Waals surface area contributed by atoms with Crippen LogP contribution in [0, 0.1) is 11.7 Å². The highest BCUT2D eigenvalue weighted by atomic mass is 19.1. The van der Waals surface area contributed by atoms with Crippen LogP contribution in [0.3, 0.4) is 0 Å². The highest BCUT2D eigenvalue weighted by molar-refractivity contribution is 5.19. The van der Waals surface area contributed by atoms with Gasteiger partial charge in [0.15, 0.2) is 5.82 Å². The van der Waals surface area contributed by atoms with Gasteiger partial charge in [0, 0.05) is 12.8 Å². The number of nitrogens with two attached hydrogens (primary N) is 1. The van der Waals surface area contributed by atoms with Crippen molar-refractivity contribution in [3.63, 3.8) is 0 Å². The average molecular weight is 277 g/mol. The lowest BCUT2D eigenvalue weighted by molar-refractivity contribution is 0.358. The van der Waals surface area contributed by atoms with E-state index in [1.165, 1.54) is 12.1 Å². The smallest absolute Gasteiger partial charge is 0.226 e. The number of aryl methyl sites for hydroxylation is 1. The lowest BCUT2D eigenvalue weighted by atomic mass is 10.0. The van der Waals surface area contributed by atoms with Gasteiger partial charge in [-0.25, -0.2) is 4.39 Å². The third-order valence-electron chi connectivity index (χ3n) is 3.27. The predicted molar refractivity (Wildman–Crippen MR) is 74.7 cm³/mol. The monoisotopic (exact) mass is 277 g/mol. The second-order valence-electron chi connectivity index (χ2n) is 5.13. The van der Waals surface area contributed by atoms with Crippen molar-refractivity contribution in [3.05, 3.63) is 47.4 Å². The topological polar surface area (TPSA) is 64.9 Å². The number of rotatable bonds is 7. The fourth-order valence-electron chi connectivity index (χ4n) is 2.09. The van der Waals surface area contributed by atoms with E-state index in [-0.39, 0.29) is 5.82 Å². The second kappa shape index (κ2) is 7.14. The molecular weight excluding hydrogens is 257 g/mol. The summed E-state index contributed by atoms with van der Waals surface area (Å²) in [5.41, 5.74) is 6.36. The van der Waals surface area contributed by atoms with E-state index in [1.807, 2.05) is 6.07 Å². The van der Waals surface area contributed by atoms with E-state index in [9.17, 15) is 4.39 Å². The van der Waals surface area contributed by atoms with Crippen molar-refractivity contribution < 1.29 is 8.91 Å². The summed E-state index contributed by atoms with van der Waals surface area (Å²) in [7, 11) is 0. The Labute approximate surface area is 118 Å². The maximum absolute atomic E-state index is 13.1. The van der Waals surface area contributed by atoms with Crippen LogP contribution >= 0.6 is 0 Å². The molecule has 2 N–H and O–H groups in total. The normalized spacial score (nSPS) is 12.6. The fourth-order valence-corrected chi connectivity index (χ4v) is 2.09. The van der Waals surface area contributed by atoms with E-state index < -0.39 is 0 Å². The van der Waals surface area contributed by atoms with Crippen LogP contribution in [-0.2, 0) is 12.8 Å². The van der Waals surface area contributed by atoms with Gasteiger partial charge in [-0.3, -0.25) is 0 Å². The molecule has 1 unspecified atom stereocenters. The molecule has 20 heavy (non-hydrogen) atoms. The lowest BCUT2D eigenvalue weighted by Gasteiger charge is -2.06. The summed E-state index contributed by atoms with van der Waals surface area (Å²) in [6.07, 6.45) is 3.24.